The fourth-order valence-corrected chi connectivity index (χ4v) is 12.4. The standard InChI is InChI=1S/C66H123NO23/c1-3-5-7-9-11-13-15-17-18-19-20-21-22-23-24-26-28-30-32-34-36-38-50(73)67-44(45(72)37-35-33-31-29-27-25-16-14-12-10-8-6-4-2)43-83-63-57(80)54(77)60(48(41-70)86-63)88-65-58(81)55(78)61(49(42-71)87-65)89-66-59(82)62(52(75)47(40-69)85-66)90-64-56(79)53(76)51(74)46(39-68)84-64/h35,37,44-49,51-66,68-72,74-82H,3-34,36,38-43H2,1-2H3,(H,67,73)/b37-35+/t44-,45+,46?,47?,48?,49?,51-,52-,53-,54+,55+,56?,57?,58?,59?,60+,61-,62-,63+,64-,65-,66-/m0/s1. The van der Waals surface area contributed by atoms with Gasteiger partial charge in [0.05, 0.1) is 45.2 Å². The third-order valence-corrected chi connectivity index (χ3v) is 18.2. The molecule has 0 saturated carbocycles. The minimum Gasteiger partial charge on any atom is -0.394 e. The lowest BCUT2D eigenvalue weighted by atomic mass is 9.95. The van der Waals surface area contributed by atoms with Crippen LogP contribution in [0, 0.1) is 0 Å². The number of carbonyl (C=O) groups excluding carboxylic acids is 1. The first kappa shape index (κ1) is 80.8. The zero-order chi connectivity index (χ0) is 65.6. The largest absolute Gasteiger partial charge is 0.394 e. The van der Waals surface area contributed by atoms with E-state index in [4.69, 9.17) is 37.9 Å². The summed E-state index contributed by atoms with van der Waals surface area (Å²) >= 11 is 0. The summed E-state index contributed by atoms with van der Waals surface area (Å²) in [7, 11) is 0. The summed E-state index contributed by atoms with van der Waals surface area (Å²) in [5.41, 5.74) is 0. The van der Waals surface area contributed by atoms with Crippen molar-refractivity contribution in [1.29, 1.82) is 0 Å². The molecular weight excluding hydrogens is 1170 g/mol. The second-order valence-corrected chi connectivity index (χ2v) is 25.7. The van der Waals surface area contributed by atoms with E-state index >= 15 is 0 Å². The van der Waals surface area contributed by atoms with Crippen LogP contribution in [-0.4, -0.2) is 245 Å². The zero-order valence-corrected chi connectivity index (χ0v) is 54.4. The average molecular weight is 1300 g/mol. The van der Waals surface area contributed by atoms with Crippen LogP contribution in [-0.2, 0) is 42.7 Å². The van der Waals surface area contributed by atoms with Gasteiger partial charge in [-0.15, -0.1) is 0 Å². The summed E-state index contributed by atoms with van der Waals surface area (Å²) in [6.45, 7) is 0.576. The Kier molecular flexibility index (Phi) is 42.4. The molecule has 0 aromatic heterocycles. The fraction of sp³-hybridized carbons (Fsp3) is 0.955. The van der Waals surface area contributed by atoms with Crippen LogP contribution in [0.1, 0.15) is 232 Å². The maximum Gasteiger partial charge on any atom is 0.220 e. The zero-order valence-electron chi connectivity index (χ0n) is 54.4. The predicted octanol–water partition coefficient (Wildman–Crippen LogP) is 3.98. The molecule has 0 spiro atoms. The van der Waals surface area contributed by atoms with Crippen LogP contribution in [0.5, 0.6) is 0 Å². The van der Waals surface area contributed by atoms with Crippen LogP contribution in [0.4, 0.5) is 0 Å². The normalized spacial score (nSPS) is 33.2. The first-order valence-electron chi connectivity index (χ1n) is 35.0. The van der Waals surface area contributed by atoms with Crippen LogP contribution in [0.15, 0.2) is 12.2 Å². The van der Waals surface area contributed by atoms with E-state index in [1.54, 1.807) is 6.08 Å². The molecule has 4 rings (SSSR count). The predicted molar refractivity (Wildman–Crippen MR) is 333 cm³/mol. The number of ether oxygens (including phenoxy) is 8. The first-order chi connectivity index (χ1) is 43.6. The average Bonchev–Trinajstić information content (AvgIpc) is 0.951. The van der Waals surface area contributed by atoms with Crippen LogP contribution < -0.4 is 5.32 Å². The van der Waals surface area contributed by atoms with Gasteiger partial charge in [-0.05, 0) is 19.3 Å². The van der Waals surface area contributed by atoms with Crippen LogP contribution in [0.3, 0.4) is 0 Å². The Hall–Kier alpha value is -1.67. The van der Waals surface area contributed by atoms with Gasteiger partial charge in [-0.2, -0.15) is 0 Å². The van der Waals surface area contributed by atoms with E-state index < -0.39 is 161 Å². The second-order valence-electron chi connectivity index (χ2n) is 25.7. The number of aliphatic hydroxyl groups is 14. The topological polar surface area (TPSA) is 386 Å². The van der Waals surface area contributed by atoms with Gasteiger partial charge in [0.1, 0.15) is 97.7 Å². The summed E-state index contributed by atoms with van der Waals surface area (Å²) < 4.78 is 45.8. The van der Waals surface area contributed by atoms with Gasteiger partial charge in [0.15, 0.2) is 25.2 Å². The van der Waals surface area contributed by atoms with Gasteiger partial charge in [-0.3, -0.25) is 4.79 Å². The molecule has 90 heavy (non-hydrogen) atoms. The van der Waals surface area contributed by atoms with E-state index in [2.05, 4.69) is 19.2 Å². The van der Waals surface area contributed by atoms with E-state index in [9.17, 15) is 76.3 Å². The summed E-state index contributed by atoms with van der Waals surface area (Å²) in [6.07, 6.45) is 6.45. The first-order valence-corrected chi connectivity index (χ1v) is 35.0. The lowest BCUT2D eigenvalue weighted by Crippen LogP contribution is -2.67. The molecule has 0 radical (unpaired) electrons. The maximum atomic E-state index is 13.4. The summed E-state index contributed by atoms with van der Waals surface area (Å²) in [6, 6.07) is -1.01. The van der Waals surface area contributed by atoms with Crippen molar-refractivity contribution < 1.29 is 114 Å². The van der Waals surface area contributed by atoms with Crippen molar-refractivity contribution in [3.05, 3.63) is 12.2 Å². The SMILES string of the molecule is CCCCCCCCCCCCC/C=C/[C@@H](O)[C@H](CO[C@@H]1OC(CO)[C@@H](O[C@@H]2OC(CO)[C@H](O[C@@H]3OC(CO)[C@H](O)[C@H](O[C@@H]4OC(CO)[C@H](O)[C@H](O)C4O)C3O)[C@H](O)C2O)[C@H](O)C1O)NC(=O)CCCCCCCCCCCCCCCCCCCCCCC. The summed E-state index contributed by atoms with van der Waals surface area (Å²) in [5.74, 6) is -0.297. The molecule has 24 nitrogen and oxygen atoms in total. The van der Waals surface area contributed by atoms with E-state index in [0.29, 0.717) is 6.42 Å². The van der Waals surface area contributed by atoms with Gasteiger partial charge in [0, 0.05) is 6.42 Å². The Bertz CT molecular complexity index is 1810. The number of aliphatic hydroxyl groups excluding tert-OH is 14. The molecule has 4 fully saturated rings. The second kappa shape index (κ2) is 47.3. The summed E-state index contributed by atoms with van der Waals surface area (Å²) in [4.78, 5) is 13.4. The van der Waals surface area contributed by atoms with Gasteiger partial charge < -0.3 is 115 Å². The number of rotatable bonds is 50. The number of carbonyl (C=O) groups is 1. The minimum absolute atomic E-state index is 0.222. The number of amides is 1. The molecule has 4 aliphatic rings. The highest BCUT2D eigenvalue weighted by Crippen LogP contribution is 2.35. The van der Waals surface area contributed by atoms with E-state index in [0.717, 1.165) is 44.9 Å². The van der Waals surface area contributed by atoms with Crippen LogP contribution in [0.2, 0.25) is 0 Å². The third kappa shape index (κ3) is 28.2. The molecule has 1 amide bonds. The van der Waals surface area contributed by atoms with E-state index in [-0.39, 0.29) is 18.9 Å². The number of hydrogen-bond donors (Lipinski definition) is 15. The van der Waals surface area contributed by atoms with Crippen molar-refractivity contribution in [3.8, 4) is 0 Å². The van der Waals surface area contributed by atoms with Gasteiger partial charge in [-0.25, -0.2) is 0 Å². The third-order valence-electron chi connectivity index (χ3n) is 18.2. The monoisotopic (exact) mass is 1300 g/mol. The lowest BCUT2D eigenvalue weighted by molar-refractivity contribution is -0.389. The highest BCUT2D eigenvalue weighted by molar-refractivity contribution is 5.76. The minimum atomic E-state index is -2.08. The smallest absolute Gasteiger partial charge is 0.220 e. The molecule has 0 aromatic carbocycles. The molecule has 0 aromatic rings. The fourth-order valence-electron chi connectivity index (χ4n) is 12.4. The quantitative estimate of drug-likeness (QED) is 0.0302. The van der Waals surface area contributed by atoms with Crippen molar-refractivity contribution >= 4 is 5.91 Å². The molecule has 15 N–H and O–H groups in total. The Morgan fingerprint density at radius 3 is 1.14 bits per heavy atom. The van der Waals surface area contributed by atoms with Gasteiger partial charge in [0.2, 0.25) is 5.91 Å². The highest BCUT2D eigenvalue weighted by atomic mass is 16.8. The highest BCUT2D eigenvalue weighted by Gasteiger charge is 2.55. The van der Waals surface area contributed by atoms with Crippen molar-refractivity contribution in [3.63, 3.8) is 0 Å². The van der Waals surface area contributed by atoms with Gasteiger partial charge >= 0.3 is 0 Å². The van der Waals surface area contributed by atoms with Crippen molar-refractivity contribution in [2.24, 2.45) is 0 Å². The molecular formula is C66H123NO23. The lowest BCUT2D eigenvalue weighted by Gasteiger charge is -2.49. The number of unbranched alkanes of at least 4 members (excludes halogenated alkanes) is 31. The van der Waals surface area contributed by atoms with E-state index in [1.165, 1.54) is 161 Å². The molecule has 0 bridgehead atoms. The van der Waals surface area contributed by atoms with Crippen molar-refractivity contribution in [1.82, 2.24) is 5.32 Å². The molecule has 4 aliphatic heterocycles. The molecule has 4 heterocycles. The molecule has 530 valence electrons. The molecule has 8 unspecified atom stereocenters. The van der Waals surface area contributed by atoms with Crippen LogP contribution >= 0.6 is 0 Å². The molecule has 22 atom stereocenters. The Balaban J connectivity index is 1.27. The van der Waals surface area contributed by atoms with Crippen molar-refractivity contribution in [2.45, 2.75) is 367 Å². The maximum absolute atomic E-state index is 13.4. The van der Waals surface area contributed by atoms with Crippen LogP contribution in [0.25, 0.3) is 0 Å². The van der Waals surface area contributed by atoms with Crippen molar-refractivity contribution in [2.75, 3.05) is 33.0 Å². The number of nitrogens with one attached hydrogen (secondary N) is 1. The van der Waals surface area contributed by atoms with E-state index in [1.807, 2.05) is 6.08 Å². The molecule has 0 aliphatic carbocycles. The Morgan fingerprint density at radius 1 is 0.389 bits per heavy atom. The number of hydrogen-bond acceptors (Lipinski definition) is 23. The van der Waals surface area contributed by atoms with Gasteiger partial charge in [-0.1, -0.05) is 219 Å². The number of allylic oxidation sites excluding steroid dienone is 1. The molecule has 4 saturated heterocycles. The Labute approximate surface area is 535 Å². The van der Waals surface area contributed by atoms with Gasteiger partial charge in [0.25, 0.3) is 0 Å². The Morgan fingerprint density at radius 2 is 0.722 bits per heavy atom. The molecule has 24 heteroatoms. The summed E-state index contributed by atoms with van der Waals surface area (Å²) in [5, 5.41) is 154.